The lowest BCUT2D eigenvalue weighted by atomic mass is 9.97. The number of benzene rings is 1. The van der Waals surface area contributed by atoms with Crippen molar-refractivity contribution in [2.45, 2.75) is 64.6 Å². The molecule has 1 aliphatic rings. The number of nitriles is 1. The summed E-state index contributed by atoms with van der Waals surface area (Å²) < 4.78 is 11.1. The van der Waals surface area contributed by atoms with Crippen molar-refractivity contribution >= 4 is 6.09 Å². The average molecular weight is 368 g/mol. The minimum absolute atomic E-state index is 0.0240. The SMILES string of the molecule is CC1CCCC(c2nc(-c3cccc(C#N)c3)no2)N1C(=O)OC(C)(C)C. The summed E-state index contributed by atoms with van der Waals surface area (Å²) in [5.41, 5.74) is 0.661. The number of aromatic nitrogens is 2. The zero-order valence-corrected chi connectivity index (χ0v) is 16.1. The molecule has 1 fully saturated rings. The Hall–Kier alpha value is -2.88. The van der Waals surface area contributed by atoms with E-state index in [1.54, 1.807) is 23.1 Å². The number of carbonyl (C=O) groups is 1. The molecule has 2 aromatic rings. The van der Waals surface area contributed by atoms with Gasteiger partial charge in [0.25, 0.3) is 0 Å². The van der Waals surface area contributed by atoms with Crippen LogP contribution in [0.3, 0.4) is 0 Å². The Labute approximate surface area is 158 Å². The molecular weight excluding hydrogens is 344 g/mol. The van der Waals surface area contributed by atoms with Crippen LogP contribution in [-0.4, -0.2) is 32.8 Å². The molecule has 3 rings (SSSR count). The molecule has 1 aromatic carbocycles. The molecule has 2 unspecified atom stereocenters. The summed E-state index contributed by atoms with van der Waals surface area (Å²) in [7, 11) is 0. The number of ether oxygens (including phenoxy) is 1. The van der Waals surface area contributed by atoms with Crippen LogP contribution in [0.25, 0.3) is 11.4 Å². The highest BCUT2D eigenvalue weighted by atomic mass is 16.6. The summed E-state index contributed by atoms with van der Waals surface area (Å²) in [6.07, 6.45) is 2.24. The first-order chi connectivity index (χ1) is 12.8. The summed E-state index contributed by atoms with van der Waals surface area (Å²) >= 11 is 0. The lowest BCUT2D eigenvalue weighted by Crippen LogP contribution is -2.46. The predicted molar refractivity (Wildman–Crippen MR) is 98.6 cm³/mol. The Kier molecular flexibility index (Phi) is 5.17. The van der Waals surface area contributed by atoms with Gasteiger partial charge in [-0.2, -0.15) is 10.2 Å². The van der Waals surface area contributed by atoms with Crippen LogP contribution in [0.5, 0.6) is 0 Å². The summed E-state index contributed by atoms with van der Waals surface area (Å²) in [5.74, 6) is 0.800. The molecule has 7 heteroatoms. The van der Waals surface area contributed by atoms with Crippen LogP contribution in [0.4, 0.5) is 4.79 Å². The maximum absolute atomic E-state index is 12.7. The van der Waals surface area contributed by atoms with E-state index in [4.69, 9.17) is 14.5 Å². The maximum atomic E-state index is 12.7. The van der Waals surface area contributed by atoms with Crippen LogP contribution in [0, 0.1) is 11.3 Å². The van der Waals surface area contributed by atoms with Gasteiger partial charge in [-0.25, -0.2) is 4.79 Å². The third kappa shape index (κ3) is 4.27. The Morgan fingerprint density at radius 1 is 1.37 bits per heavy atom. The van der Waals surface area contributed by atoms with Gasteiger partial charge >= 0.3 is 6.09 Å². The number of amides is 1. The van der Waals surface area contributed by atoms with Crippen molar-refractivity contribution in [3.8, 4) is 17.5 Å². The van der Waals surface area contributed by atoms with Gasteiger partial charge in [0.05, 0.1) is 11.6 Å². The van der Waals surface area contributed by atoms with Crippen molar-refractivity contribution in [3.63, 3.8) is 0 Å². The molecule has 0 bridgehead atoms. The molecular formula is C20H24N4O3. The van der Waals surface area contributed by atoms with Crippen molar-refractivity contribution in [1.29, 1.82) is 5.26 Å². The van der Waals surface area contributed by atoms with E-state index in [-0.39, 0.29) is 18.2 Å². The fourth-order valence-electron chi connectivity index (χ4n) is 3.27. The second kappa shape index (κ2) is 7.39. The quantitative estimate of drug-likeness (QED) is 0.777. The summed E-state index contributed by atoms with van der Waals surface area (Å²) in [5, 5.41) is 13.1. The van der Waals surface area contributed by atoms with Crippen molar-refractivity contribution in [2.75, 3.05) is 0 Å². The van der Waals surface area contributed by atoms with Gasteiger partial charge < -0.3 is 9.26 Å². The number of piperidine rings is 1. The Morgan fingerprint density at radius 2 is 2.15 bits per heavy atom. The van der Waals surface area contributed by atoms with Gasteiger partial charge in [-0.05, 0) is 59.1 Å². The standard InChI is InChI=1S/C20H24N4O3/c1-13-7-5-10-16(24(13)19(25)26-20(2,3)4)18-22-17(23-27-18)15-9-6-8-14(11-15)12-21/h6,8-9,11,13,16H,5,7,10H2,1-4H3. The molecule has 0 N–H and O–H groups in total. The second-order valence-corrected chi connectivity index (χ2v) is 7.83. The molecule has 2 atom stereocenters. The van der Waals surface area contributed by atoms with E-state index in [1.807, 2.05) is 33.8 Å². The Balaban J connectivity index is 1.88. The summed E-state index contributed by atoms with van der Waals surface area (Å²) in [4.78, 5) is 19.0. The third-order valence-electron chi connectivity index (χ3n) is 4.49. The first-order valence-corrected chi connectivity index (χ1v) is 9.14. The number of nitrogens with zero attached hydrogens (tertiary/aromatic N) is 4. The highest BCUT2D eigenvalue weighted by Gasteiger charge is 2.38. The van der Waals surface area contributed by atoms with Crippen LogP contribution >= 0.6 is 0 Å². The van der Waals surface area contributed by atoms with Crippen LogP contribution in [0.15, 0.2) is 28.8 Å². The number of carbonyl (C=O) groups excluding carboxylic acids is 1. The zero-order valence-electron chi connectivity index (χ0n) is 16.1. The van der Waals surface area contributed by atoms with Gasteiger partial charge in [0.1, 0.15) is 11.6 Å². The monoisotopic (exact) mass is 368 g/mol. The average Bonchev–Trinajstić information content (AvgIpc) is 3.10. The topological polar surface area (TPSA) is 92.3 Å². The van der Waals surface area contributed by atoms with E-state index in [9.17, 15) is 4.79 Å². The number of hydrogen-bond acceptors (Lipinski definition) is 6. The normalized spacial score (nSPS) is 20.2. The molecule has 2 heterocycles. The van der Waals surface area contributed by atoms with Gasteiger partial charge in [-0.3, -0.25) is 4.90 Å². The first-order valence-electron chi connectivity index (χ1n) is 9.14. The van der Waals surface area contributed by atoms with Crippen LogP contribution in [0.2, 0.25) is 0 Å². The van der Waals surface area contributed by atoms with Crippen LogP contribution < -0.4 is 0 Å². The summed E-state index contributed by atoms with van der Waals surface area (Å²) in [6, 6.07) is 8.84. The van der Waals surface area contributed by atoms with Gasteiger partial charge in [-0.15, -0.1) is 0 Å². The van der Waals surface area contributed by atoms with Gasteiger partial charge in [-0.1, -0.05) is 17.3 Å². The molecule has 7 nitrogen and oxygen atoms in total. The predicted octanol–water partition coefficient (Wildman–Crippen LogP) is 4.46. The number of rotatable bonds is 2. The molecule has 142 valence electrons. The highest BCUT2D eigenvalue weighted by molar-refractivity contribution is 5.69. The van der Waals surface area contributed by atoms with E-state index >= 15 is 0 Å². The van der Waals surface area contributed by atoms with Gasteiger partial charge in [0.15, 0.2) is 0 Å². The molecule has 1 aliphatic heterocycles. The minimum atomic E-state index is -0.573. The third-order valence-corrected chi connectivity index (χ3v) is 4.49. The van der Waals surface area contributed by atoms with Gasteiger partial charge in [0, 0.05) is 11.6 Å². The molecule has 1 aromatic heterocycles. The van der Waals surface area contributed by atoms with Crippen molar-refractivity contribution in [3.05, 3.63) is 35.7 Å². The van der Waals surface area contributed by atoms with Crippen molar-refractivity contribution in [2.24, 2.45) is 0 Å². The minimum Gasteiger partial charge on any atom is -0.444 e. The largest absolute Gasteiger partial charge is 0.444 e. The highest BCUT2D eigenvalue weighted by Crippen LogP contribution is 2.35. The Morgan fingerprint density at radius 3 is 2.85 bits per heavy atom. The Bertz CT molecular complexity index is 863. The van der Waals surface area contributed by atoms with E-state index in [0.29, 0.717) is 22.8 Å². The lowest BCUT2D eigenvalue weighted by molar-refractivity contribution is -0.00819. The smallest absolute Gasteiger partial charge is 0.411 e. The van der Waals surface area contributed by atoms with E-state index < -0.39 is 5.60 Å². The van der Waals surface area contributed by atoms with Crippen LogP contribution in [-0.2, 0) is 4.74 Å². The fraction of sp³-hybridized carbons (Fsp3) is 0.500. The maximum Gasteiger partial charge on any atom is 0.411 e. The van der Waals surface area contributed by atoms with E-state index in [0.717, 1.165) is 19.3 Å². The first kappa shape index (κ1) is 18.9. The fourth-order valence-corrected chi connectivity index (χ4v) is 3.27. The number of hydrogen-bond donors (Lipinski definition) is 0. The molecule has 27 heavy (non-hydrogen) atoms. The molecule has 0 radical (unpaired) electrons. The van der Waals surface area contributed by atoms with Crippen molar-refractivity contribution in [1.82, 2.24) is 15.0 Å². The molecule has 0 spiro atoms. The summed E-state index contributed by atoms with van der Waals surface area (Å²) in [6.45, 7) is 7.55. The molecule has 1 amide bonds. The molecule has 0 saturated carbocycles. The van der Waals surface area contributed by atoms with Gasteiger partial charge in [0.2, 0.25) is 11.7 Å². The second-order valence-electron chi connectivity index (χ2n) is 7.83. The zero-order chi connectivity index (χ0) is 19.6. The van der Waals surface area contributed by atoms with Crippen molar-refractivity contribution < 1.29 is 14.1 Å². The van der Waals surface area contributed by atoms with Crippen LogP contribution in [0.1, 0.15) is 64.5 Å². The van der Waals surface area contributed by atoms with E-state index in [1.165, 1.54) is 0 Å². The molecule has 1 saturated heterocycles. The molecule has 0 aliphatic carbocycles. The number of likely N-dealkylation sites (tertiary alicyclic amines) is 1. The lowest BCUT2D eigenvalue weighted by Gasteiger charge is -2.39. The van der Waals surface area contributed by atoms with E-state index in [2.05, 4.69) is 16.2 Å².